The molecule has 1 aliphatic rings. The van der Waals surface area contributed by atoms with Crippen LogP contribution in [0.2, 0.25) is 0 Å². The standard InChI is InChI=1S/C22H23BrN4O2/c1-2-3-21-25-20-9-6-17(23)14-19(20)22(28)27(21)24-15-16-4-7-18(8-5-16)26-10-12-29-13-11-26/h4-9,14-15H,2-3,10-13H2,1H3. The fourth-order valence-corrected chi connectivity index (χ4v) is 3.78. The lowest BCUT2D eigenvalue weighted by Crippen LogP contribution is -2.36. The molecule has 29 heavy (non-hydrogen) atoms. The van der Waals surface area contributed by atoms with Crippen molar-refractivity contribution in [3.05, 3.63) is 68.7 Å². The molecule has 0 radical (unpaired) electrons. The van der Waals surface area contributed by atoms with E-state index in [1.54, 1.807) is 12.3 Å². The van der Waals surface area contributed by atoms with Crippen molar-refractivity contribution in [3.8, 4) is 0 Å². The fraction of sp³-hybridized carbons (Fsp3) is 0.318. The molecule has 2 heterocycles. The van der Waals surface area contributed by atoms with Crippen LogP contribution in [0, 0.1) is 0 Å². The zero-order valence-corrected chi connectivity index (χ0v) is 17.9. The lowest BCUT2D eigenvalue weighted by Gasteiger charge is -2.28. The second kappa shape index (κ2) is 8.88. The van der Waals surface area contributed by atoms with Gasteiger partial charge in [-0.2, -0.15) is 9.78 Å². The quantitative estimate of drug-likeness (QED) is 0.549. The maximum Gasteiger partial charge on any atom is 0.282 e. The molecule has 1 fully saturated rings. The smallest absolute Gasteiger partial charge is 0.282 e. The van der Waals surface area contributed by atoms with Gasteiger partial charge in [0.15, 0.2) is 0 Å². The predicted molar refractivity (Wildman–Crippen MR) is 120 cm³/mol. The van der Waals surface area contributed by atoms with Crippen LogP contribution in [0.25, 0.3) is 10.9 Å². The van der Waals surface area contributed by atoms with Gasteiger partial charge in [-0.3, -0.25) is 4.79 Å². The lowest BCUT2D eigenvalue weighted by atomic mass is 10.2. The Morgan fingerprint density at radius 2 is 1.93 bits per heavy atom. The Hall–Kier alpha value is -2.51. The van der Waals surface area contributed by atoms with Crippen molar-refractivity contribution in [2.45, 2.75) is 19.8 Å². The third kappa shape index (κ3) is 4.41. The summed E-state index contributed by atoms with van der Waals surface area (Å²) in [6.45, 7) is 5.40. The first-order valence-corrected chi connectivity index (χ1v) is 10.6. The summed E-state index contributed by atoms with van der Waals surface area (Å²) in [7, 11) is 0. The SMILES string of the molecule is CCCc1nc2ccc(Br)cc2c(=O)n1N=Cc1ccc(N2CCOCC2)cc1. The number of hydrogen-bond donors (Lipinski definition) is 0. The van der Waals surface area contributed by atoms with Crippen LogP contribution >= 0.6 is 15.9 Å². The highest BCUT2D eigenvalue weighted by atomic mass is 79.9. The Morgan fingerprint density at radius 1 is 1.17 bits per heavy atom. The first kappa shape index (κ1) is 19.8. The summed E-state index contributed by atoms with van der Waals surface area (Å²) in [4.78, 5) is 20.0. The van der Waals surface area contributed by atoms with Gasteiger partial charge in [-0.15, -0.1) is 0 Å². The maximum atomic E-state index is 13.0. The molecule has 6 nitrogen and oxygen atoms in total. The molecule has 4 rings (SSSR count). The first-order chi connectivity index (χ1) is 14.2. The van der Waals surface area contributed by atoms with Crippen LogP contribution in [0.15, 0.2) is 56.8 Å². The number of benzene rings is 2. The minimum atomic E-state index is -0.152. The number of anilines is 1. The summed E-state index contributed by atoms with van der Waals surface area (Å²) in [5.41, 5.74) is 2.65. The van der Waals surface area contributed by atoms with Crippen molar-refractivity contribution in [2.75, 3.05) is 31.2 Å². The van der Waals surface area contributed by atoms with E-state index in [2.05, 4.69) is 50.0 Å². The molecule has 0 saturated carbocycles. The van der Waals surface area contributed by atoms with E-state index in [-0.39, 0.29) is 5.56 Å². The van der Waals surface area contributed by atoms with E-state index >= 15 is 0 Å². The van der Waals surface area contributed by atoms with E-state index in [1.165, 1.54) is 10.4 Å². The number of aryl methyl sites for hydroxylation is 1. The highest BCUT2D eigenvalue weighted by Gasteiger charge is 2.12. The van der Waals surface area contributed by atoms with Gasteiger partial charge in [0.2, 0.25) is 0 Å². The van der Waals surface area contributed by atoms with Gasteiger partial charge in [0.05, 0.1) is 30.3 Å². The zero-order chi connectivity index (χ0) is 20.2. The van der Waals surface area contributed by atoms with Crippen molar-refractivity contribution in [2.24, 2.45) is 5.10 Å². The molecular formula is C22H23BrN4O2. The number of aromatic nitrogens is 2. The maximum absolute atomic E-state index is 13.0. The molecule has 1 aromatic heterocycles. The second-order valence-electron chi connectivity index (χ2n) is 6.99. The van der Waals surface area contributed by atoms with E-state index in [9.17, 15) is 4.79 Å². The number of fused-ring (bicyclic) bond motifs is 1. The molecule has 0 spiro atoms. The first-order valence-electron chi connectivity index (χ1n) is 9.84. The average molecular weight is 455 g/mol. The van der Waals surface area contributed by atoms with Gasteiger partial charge in [-0.1, -0.05) is 35.0 Å². The monoisotopic (exact) mass is 454 g/mol. The molecule has 0 unspecified atom stereocenters. The number of hydrogen-bond acceptors (Lipinski definition) is 5. The van der Waals surface area contributed by atoms with Crippen LogP contribution in [-0.2, 0) is 11.2 Å². The second-order valence-corrected chi connectivity index (χ2v) is 7.91. The Labute approximate surface area is 178 Å². The Morgan fingerprint density at radius 3 is 2.66 bits per heavy atom. The molecular weight excluding hydrogens is 432 g/mol. The molecule has 0 bridgehead atoms. The molecule has 150 valence electrons. The number of nitrogens with zero attached hydrogens (tertiary/aromatic N) is 4. The van der Waals surface area contributed by atoms with Crippen LogP contribution in [0.4, 0.5) is 5.69 Å². The van der Waals surface area contributed by atoms with Crippen LogP contribution in [0.3, 0.4) is 0 Å². The Balaban J connectivity index is 1.65. The number of ether oxygens (including phenoxy) is 1. The normalized spacial score (nSPS) is 14.8. The van der Waals surface area contributed by atoms with E-state index in [0.29, 0.717) is 23.1 Å². The third-order valence-corrected chi connectivity index (χ3v) is 5.43. The molecule has 0 atom stereocenters. The Bertz CT molecular complexity index is 1090. The van der Waals surface area contributed by atoms with Gasteiger partial charge in [-0.25, -0.2) is 4.98 Å². The van der Waals surface area contributed by atoms with Crippen molar-refractivity contribution in [1.29, 1.82) is 0 Å². The summed E-state index contributed by atoms with van der Waals surface area (Å²) >= 11 is 3.43. The lowest BCUT2D eigenvalue weighted by molar-refractivity contribution is 0.122. The van der Waals surface area contributed by atoms with Crippen LogP contribution < -0.4 is 10.5 Å². The van der Waals surface area contributed by atoms with Crippen molar-refractivity contribution in [3.63, 3.8) is 0 Å². The summed E-state index contributed by atoms with van der Waals surface area (Å²) in [5.74, 6) is 0.675. The van der Waals surface area contributed by atoms with Crippen LogP contribution in [0.1, 0.15) is 24.7 Å². The number of morpholine rings is 1. The zero-order valence-electron chi connectivity index (χ0n) is 16.3. The molecule has 0 N–H and O–H groups in total. The highest BCUT2D eigenvalue weighted by molar-refractivity contribution is 9.10. The minimum absolute atomic E-state index is 0.152. The van der Waals surface area contributed by atoms with Gasteiger partial charge in [0.25, 0.3) is 5.56 Å². The molecule has 3 aromatic rings. The van der Waals surface area contributed by atoms with Gasteiger partial charge < -0.3 is 9.64 Å². The highest BCUT2D eigenvalue weighted by Crippen LogP contribution is 2.18. The number of rotatable bonds is 5. The van der Waals surface area contributed by atoms with E-state index in [0.717, 1.165) is 42.8 Å². The molecule has 1 aliphatic heterocycles. The van der Waals surface area contributed by atoms with Crippen LogP contribution in [-0.4, -0.2) is 42.2 Å². The third-order valence-electron chi connectivity index (χ3n) is 4.94. The average Bonchev–Trinajstić information content (AvgIpc) is 2.75. The minimum Gasteiger partial charge on any atom is -0.378 e. The predicted octanol–water partition coefficient (Wildman–Crippen LogP) is 3.83. The largest absolute Gasteiger partial charge is 0.378 e. The summed E-state index contributed by atoms with van der Waals surface area (Å²) in [6.07, 6.45) is 3.29. The van der Waals surface area contributed by atoms with Gasteiger partial charge in [-0.05, 0) is 42.3 Å². The van der Waals surface area contributed by atoms with Gasteiger partial charge in [0, 0.05) is 29.7 Å². The number of halogens is 1. The van der Waals surface area contributed by atoms with Gasteiger partial charge in [0.1, 0.15) is 5.82 Å². The molecule has 1 saturated heterocycles. The van der Waals surface area contributed by atoms with E-state index in [1.807, 2.05) is 24.3 Å². The summed E-state index contributed by atoms with van der Waals surface area (Å²) < 4.78 is 7.68. The van der Waals surface area contributed by atoms with E-state index in [4.69, 9.17) is 4.74 Å². The molecule has 0 amide bonds. The summed E-state index contributed by atoms with van der Waals surface area (Å²) in [6, 6.07) is 13.8. The molecule has 0 aliphatic carbocycles. The van der Waals surface area contributed by atoms with Crippen LogP contribution in [0.5, 0.6) is 0 Å². The molecule has 7 heteroatoms. The van der Waals surface area contributed by atoms with Gasteiger partial charge >= 0.3 is 0 Å². The van der Waals surface area contributed by atoms with Crippen molar-refractivity contribution in [1.82, 2.24) is 9.66 Å². The van der Waals surface area contributed by atoms with Crippen molar-refractivity contribution < 1.29 is 4.74 Å². The van der Waals surface area contributed by atoms with Crippen molar-refractivity contribution >= 4 is 38.7 Å². The molecule has 2 aromatic carbocycles. The Kier molecular flexibility index (Phi) is 6.06. The topological polar surface area (TPSA) is 59.7 Å². The fourth-order valence-electron chi connectivity index (χ4n) is 3.42. The summed E-state index contributed by atoms with van der Waals surface area (Å²) in [5, 5.41) is 5.04. The van der Waals surface area contributed by atoms with E-state index < -0.39 is 0 Å².